The second-order valence-electron chi connectivity index (χ2n) is 6.82. The number of benzene rings is 1. The van der Waals surface area contributed by atoms with E-state index >= 15 is 0 Å². The summed E-state index contributed by atoms with van der Waals surface area (Å²) in [4.78, 5) is 14.5. The van der Waals surface area contributed by atoms with Gasteiger partial charge in [-0.3, -0.25) is 4.79 Å². The van der Waals surface area contributed by atoms with Gasteiger partial charge in [-0.2, -0.15) is 13.2 Å². The van der Waals surface area contributed by atoms with Crippen molar-refractivity contribution in [3.8, 4) is 0 Å². The van der Waals surface area contributed by atoms with Crippen LogP contribution in [0.3, 0.4) is 0 Å². The van der Waals surface area contributed by atoms with E-state index in [1.165, 1.54) is 6.07 Å². The van der Waals surface area contributed by atoms with E-state index in [0.29, 0.717) is 24.4 Å². The molecule has 1 aliphatic rings. The van der Waals surface area contributed by atoms with Gasteiger partial charge in [0.15, 0.2) is 0 Å². The Labute approximate surface area is 141 Å². The molecule has 24 heavy (non-hydrogen) atoms. The number of alkyl halides is 3. The molecule has 1 heterocycles. The number of hydrogen-bond acceptors (Lipinski definition) is 2. The minimum atomic E-state index is -4.35. The number of hydrogen-bond donors (Lipinski definition) is 1. The first-order valence-corrected chi connectivity index (χ1v) is 8.38. The lowest BCUT2D eigenvalue weighted by molar-refractivity contribution is -0.137. The number of rotatable bonds is 5. The number of amides is 1. The van der Waals surface area contributed by atoms with Gasteiger partial charge in [0, 0.05) is 19.0 Å². The van der Waals surface area contributed by atoms with Gasteiger partial charge in [-0.15, -0.1) is 0 Å². The van der Waals surface area contributed by atoms with E-state index in [-0.39, 0.29) is 11.8 Å². The number of halogens is 3. The summed E-state index contributed by atoms with van der Waals surface area (Å²) in [6.45, 7) is 4.46. The van der Waals surface area contributed by atoms with Gasteiger partial charge in [-0.05, 0) is 50.4 Å². The average Bonchev–Trinajstić information content (AvgIpc) is 2.52. The molecule has 1 saturated heterocycles. The van der Waals surface area contributed by atoms with Crippen LogP contribution in [-0.2, 0) is 17.4 Å². The molecule has 0 spiro atoms. The van der Waals surface area contributed by atoms with Crippen molar-refractivity contribution >= 4 is 5.91 Å². The van der Waals surface area contributed by atoms with Gasteiger partial charge in [0.1, 0.15) is 0 Å². The Morgan fingerprint density at radius 2 is 2.17 bits per heavy atom. The number of nitrogens with one attached hydrogen (secondary N) is 1. The van der Waals surface area contributed by atoms with E-state index in [2.05, 4.69) is 17.3 Å². The number of nitrogens with zero attached hydrogens (tertiary/aromatic N) is 1. The zero-order chi connectivity index (χ0) is 17.7. The summed E-state index contributed by atoms with van der Waals surface area (Å²) in [7, 11) is 2.07. The van der Waals surface area contributed by atoms with Crippen LogP contribution in [-0.4, -0.2) is 37.5 Å². The molecule has 0 aromatic heterocycles. The number of carbonyl (C=O) groups is 1. The Morgan fingerprint density at radius 1 is 1.42 bits per heavy atom. The highest BCUT2D eigenvalue weighted by molar-refractivity contribution is 5.78. The van der Waals surface area contributed by atoms with Crippen LogP contribution in [0.25, 0.3) is 0 Å². The van der Waals surface area contributed by atoms with Crippen LogP contribution in [0.5, 0.6) is 0 Å². The van der Waals surface area contributed by atoms with Crippen molar-refractivity contribution in [3.05, 3.63) is 35.4 Å². The second kappa shape index (κ2) is 8.01. The first-order valence-electron chi connectivity index (χ1n) is 8.38. The molecule has 2 rings (SSSR count). The van der Waals surface area contributed by atoms with Gasteiger partial charge in [0.05, 0.1) is 5.56 Å². The summed E-state index contributed by atoms with van der Waals surface area (Å²) in [6.07, 6.45) is -1.81. The molecule has 2 atom stereocenters. The number of likely N-dealkylation sites (tertiary alicyclic amines) is 1. The molecule has 3 nitrogen and oxygen atoms in total. The Kier molecular flexibility index (Phi) is 6.27. The molecule has 6 heteroatoms. The van der Waals surface area contributed by atoms with Crippen LogP contribution >= 0.6 is 0 Å². The fourth-order valence-electron chi connectivity index (χ4n) is 3.18. The number of piperidine rings is 1. The highest BCUT2D eigenvalue weighted by Crippen LogP contribution is 2.30. The Morgan fingerprint density at radius 3 is 2.83 bits per heavy atom. The van der Waals surface area contributed by atoms with Crippen molar-refractivity contribution in [2.45, 2.75) is 32.4 Å². The third kappa shape index (κ3) is 5.51. The van der Waals surface area contributed by atoms with Crippen molar-refractivity contribution in [2.24, 2.45) is 11.8 Å². The Balaban J connectivity index is 1.85. The summed E-state index contributed by atoms with van der Waals surface area (Å²) < 4.78 is 38.2. The molecular formula is C18H25F3N2O. The predicted molar refractivity (Wildman–Crippen MR) is 87.5 cm³/mol. The lowest BCUT2D eigenvalue weighted by atomic mass is 9.96. The standard InChI is InChI=1S/C18H25F3N2O/c1-13(9-14-5-3-7-16(10-14)18(19,20)21)17(24)22-11-15-6-4-8-23(2)12-15/h3,5,7,10,13,15H,4,6,8-9,11-12H2,1-2H3,(H,22,24)/t13-,15-/m0/s1. The van der Waals surface area contributed by atoms with Gasteiger partial charge >= 0.3 is 6.18 Å². The van der Waals surface area contributed by atoms with Gasteiger partial charge in [-0.25, -0.2) is 0 Å². The lowest BCUT2D eigenvalue weighted by Gasteiger charge is -2.30. The normalized spacial score (nSPS) is 20.6. The summed E-state index contributed by atoms with van der Waals surface area (Å²) in [6, 6.07) is 5.20. The molecule has 1 amide bonds. The maximum atomic E-state index is 12.7. The molecular weight excluding hydrogens is 317 g/mol. The fraction of sp³-hybridized carbons (Fsp3) is 0.611. The van der Waals surface area contributed by atoms with E-state index in [1.807, 2.05) is 0 Å². The zero-order valence-corrected chi connectivity index (χ0v) is 14.2. The molecule has 0 saturated carbocycles. The van der Waals surface area contributed by atoms with E-state index in [1.54, 1.807) is 13.0 Å². The van der Waals surface area contributed by atoms with E-state index in [9.17, 15) is 18.0 Å². The average molecular weight is 342 g/mol. The highest BCUT2D eigenvalue weighted by Gasteiger charge is 2.30. The molecule has 0 aliphatic carbocycles. The van der Waals surface area contributed by atoms with Gasteiger partial charge < -0.3 is 10.2 Å². The van der Waals surface area contributed by atoms with Crippen LogP contribution < -0.4 is 5.32 Å². The molecule has 0 unspecified atom stereocenters. The van der Waals surface area contributed by atoms with Gasteiger partial charge in [0.25, 0.3) is 0 Å². The topological polar surface area (TPSA) is 32.3 Å². The first kappa shape index (κ1) is 18.8. The summed E-state index contributed by atoms with van der Waals surface area (Å²) >= 11 is 0. The van der Waals surface area contributed by atoms with Crippen molar-refractivity contribution in [1.29, 1.82) is 0 Å². The largest absolute Gasteiger partial charge is 0.416 e. The summed E-state index contributed by atoms with van der Waals surface area (Å²) in [5.74, 6) is 0.00361. The Hall–Kier alpha value is -1.56. The minimum Gasteiger partial charge on any atom is -0.356 e. The fourth-order valence-corrected chi connectivity index (χ4v) is 3.18. The summed E-state index contributed by atoms with van der Waals surface area (Å²) in [5.41, 5.74) is -0.136. The molecule has 0 bridgehead atoms. The predicted octanol–water partition coefficient (Wildman–Crippen LogP) is 3.34. The quantitative estimate of drug-likeness (QED) is 0.890. The molecule has 134 valence electrons. The Bertz CT molecular complexity index is 559. The first-order chi connectivity index (χ1) is 11.3. The van der Waals surface area contributed by atoms with E-state index < -0.39 is 11.7 Å². The van der Waals surface area contributed by atoms with Crippen molar-refractivity contribution in [1.82, 2.24) is 10.2 Å². The molecule has 1 fully saturated rings. The third-order valence-corrected chi connectivity index (χ3v) is 4.53. The number of carbonyl (C=O) groups excluding carboxylic acids is 1. The maximum absolute atomic E-state index is 12.7. The van der Waals surface area contributed by atoms with Crippen molar-refractivity contribution in [2.75, 3.05) is 26.7 Å². The SMILES string of the molecule is C[C@@H](Cc1cccc(C(F)(F)F)c1)C(=O)NC[C@@H]1CCCN(C)C1. The smallest absolute Gasteiger partial charge is 0.356 e. The molecule has 1 aliphatic heterocycles. The molecule has 1 N–H and O–H groups in total. The summed E-state index contributed by atoms with van der Waals surface area (Å²) in [5, 5.41) is 2.95. The van der Waals surface area contributed by atoms with Crippen molar-refractivity contribution < 1.29 is 18.0 Å². The maximum Gasteiger partial charge on any atom is 0.416 e. The van der Waals surface area contributed by atoms with Crippen LogP contribution in [0.1, 0.15) is 30.9 Å². The molecule has 0 radical (unpaired) electrons. The molecule has 1 aromatic rings. The van der Waals surface area contributed by atoms with Crippen LogP contribution in [0, 0.1) is 11.8 Å². The van der Waals surface area contributed by atoms with Gasteiger partial charge in [0.2, 0.25) is 5.91 Å². The third-order valence-electron chi connectivity index (χ3n) is 4.53. The highest BCUT2D eigenvalue weighted by atomic mass is 19.4. The molecule has 1 aromatic carbocycles. The van der Waals surface area contributed by atoms with Crippen molar-refractivity contribution in [3.63, 3.8) is 0 Å². The lowest BCUT2D eigenvalue weighted by Crippen LogP contribution is -2.40. The van der Waals surface area contributed by atoms with Crippen LogP contribution in [0.15, 0.2) is 24.3 Å². The monoisotopic (exact) mass is 342 g/mol. The minimum absolute atomic E-state index is 0.0966. The van der Waals surface area contributed by atoms with Gasteiger partial charge in [-0.1, -0.05) is 25.1 Å². The van der Waals surface area contributed by atoms with Crippen LogP contribution in [0.4, 0.5) is 13.2 Å². The zero-order valence-electron chi connectivity index (χ0n) is 14.2. The van der Waals surface area contributed by atoms with E-state index in [4.69, 9.17) is 0 Å². The second-order valence-corrected chi connectivity index (χ2v) is 6.82. The van der Waals surface area contributed by atoms with E-state index in [0.717, 1.165) is 38.1 Å². The van der Waals surface area contributed by atoms with Crippen LogP contribution in [0.2, 0.25) is 0 Å².